The molecule has 0 bridgehead atoms. The molecule has 0 radical (unpaired) electrons. The summed E-state index contributed by atoms with van der Waals surface area (Å²) in [4.78, 5) is 23.7. The topological polar surface area (TPSA) is 63.4 Å². The van der Waals surface area contributed by atoms with E-state index in [9.17, 15) is 9.59 Å². The Balaban J connectivity index is 2.19. The van der Waals surface area contributed by atoms with E-state index in [1.165, 1.54) is 11.8 Å². The van der Waals surface area contributed by atoms with Crippen molar-refractivity contribution in [3.05, 3.63) is 0 Å². The van der Waals surface area contributed by atoms with Gasteiger partial charge in [-0.3, -0.25) is 14.5 Å². The normalized spacial score (nSPS) is 36.5. The number of carbonyl (C=O) groups is 2. The zero-order chi connectivity index (χ0) is 8.01. The third-order valence-corrected chi connectivity index (χ3v) is 3.31. The molecular formula is C6H8N2O2S. The quantitative estimate of drug-likeness (QED) is 0.523. The molecule has 2 aliphatic rings. The SMILES string of the molecule is NC(=O)C1C(=O)SC2CCN21. The van der Waals surface area contributed by atoms with Crippen molar-refractivity contribution >= 4 is 22.8 Å². The Morgan fingerprint density at radius 2 is 2.45 bits per heavy atom. The van der Waals surface area contributed by atoms with Crippen LogP contribution in [0.1, 0.15) is 6.42 Å². The Hall–Kier alpha value is -0.550. The molecule has 2 aliphatic heterocycles. The van der Waals surface area contributed by atoms with E-state index in [1.807, 2.05) is 4.90 Å². The van der Waals surface area contributed by atoms with E-state index in [4.69, 9.17) is 5.73 Å². The lowest BCUT2D eigenvalue weighted by Crippen LogP contribution is -2.52. The molecule has 0 aromatic carbocycles. The van der Waals surface area contributed by atoms with Gasteiger partial charge in [0.1, 0.15) is 0 Å². The molecule has 0 aromatic heterocycles. The molecule has 1 amide bonds. The number of nitrogens with zero attached hydrogens (tertiary/aromatic N) is 1. The second-order valence-corrected chi connectivity index (χ2v) is 3.91. The van der Waals surface area contributed by atoms with Crippen LogP contribution >= 0.6 is 11.8 Å². The van der Waals surface area contributed by atoms with E-state index < -0.39 is 11.9 Å². The summed E-state index contributed by atoms with van der Waals surface area (Å²) in [6.45, 7) is 0.830. The molecule has 2 fully saturated rings. The summed E-state index contributed by atoms with van der Waals surface area (Å²) < 4.78 is 0. The average Bonchev–Trinajstić information content (AvgIpc) is 2.10. The summed E-state index contributed by atoms with van der Waals surface area (Å²) in [5.41, 5.74) is 5.06. The van der Waals surface area contributed by atoms with Crippen LogP contribution in [-0.4, -0.2) is 33.9 Å². The van der Waals surface area contributed by atoms with Crippen molar-refractivity contribution in [2.45, 2.75) is 17.8 Å². The Morgan fingerprint density at radius 3 is 2.73 bits per heavy atom. The first-order valence-electron chi connectivity index (χ1n) is 3.45. The van der Waals surface area contributed by atoms with Gasteiger partial charge >= 0.3 is 0 Å². The number of primary amides is 1. The molecule has 2 unspecified atom stereocenters. The number of carbonyl (C=O) groups excluding carboxylic acids is 2. The first-order valence-corrected chi connectivity index (χ1v) is 4.33. The van der Waals surface area contributed by atoms with Gasteiger partial charge in [-0.05, 0) is 6.42 Å². The number of fused-ring (bicyclic) bond motifs is 1. The second-order valence-electron chi connectivity index (χ2n) is 2.72. The van der Waals surface area contributed by atoms with Gasteiger partial charge in [-0.1, -0.05) is 11.8 Å². The van der Waals surface area contributed by atoms with Crippen molar-refractivity contribution in [2.75, 3.05) is 6.54 Å². The molecule has 60 valence electrons. The van der Waals surface area contributed by atoms with Crippen molar-refractivity contribution in [1.29, 1.82) is 0 Å². The summed E-state index contributed by atoms with van der Waals surface area (Å²) in [6, 6.07) is -0.640. The van der Waals surface area contributed by atoms with E-state index in [1.54, 1.807) is 0 Å². The fraction of sp³-hybridized carbons (Fsp3) is 0.667. The lowest BCUT2D eigenvalue weighted by atomic mass is 10.1. The monoisotopic (exact) mass is 172 g/mol. The van der Waals surface area contributed by atoms with Gasteiger partial charge in [0, 0.05) is 6.54 Å². The maximum absolute atomic E-state index is 11.1. The van der Waals surface area contributed by atoms with Crippen LogP contribution < -0.4 is 5.73 Å². The van der Waals surface area contributed by atoms with E-state index in [2.05, 4.69) is 0 Å². The maximum atomic E-state index is 11.1. The van der Waals surface area contributed by atoms with E-state index in [0.717, 1.165) is 13.0 Å². The molecule has 2 saturated heterocycles. The average molecular weight is 172 g/mol. The number of hydrogen-bond donors (Lipinski definition) is 1. The van der Waals surface area contributed by atoms with Crippen molar-refractivity contribution in [3.8, 4) is 0 Å². The van der Waals surface area contributed by atoms with Gasteiger partial charge in [-0.25, -0.2) is 0 Å². The molecule has 0 aromatic rings. The number of hydrogen-bond acceptors (Lipinski definition) is 4. The van der Waals surface area contributed by atoms with Crippen molar-refractivity contribution in [3.63, 3.8) is 0 Å². The van der Waals surface area contributed by atoms with E-state index in [-0.39, 0.29) is 10.5 Å². The van der Waals surface area contributed by atoms with Crippen LogP contribution in [0.25, 0.3) is 0 Å². The van der Waals surface area contributed by atoms with Crippen LogP contribution in [0, 0.1) is 0 Å². The van der Waals surface area contributed by atoms with Gasteiger partial charge in [-0.2, -0.15) is 0 Å². The summed E-state index contributed by atoms with van der Waals surface area (Å²) in [5.74, 6) is -0.510. The predicted molar refractivity (Wildman–Crippen MR) is 40.7 cm³/mol. The van der Waals surface area contributed by atoms with Gasteiger partial charge in [0.15, 0.2) is 6.04 Å². The number of thioether (sulfide) groups is 1. The lowest BCUT2D eigenvalue weighted by Gasteiger charge is -2.35. The maximum Gasteiger partial charge on any atom is 0.243 e. The molecule has 2 atom stereocenters. The molecule has 0 aliphatic carbocycles. The Labute approximate surface area is 68.1 Å². The summed E-state index contributed by atoms with van der Waals surface area (Å²) in [7, 11) is 0. The third kappa shape index (κ3) is 0.877. The highest BCUT2D eigenvalue weighted by atomic mass is 32.2. The van der Waals surface area contributed by atoms with Gasteiger partial charge < -0.3 is 5.73 Å². The Bertz CT molecular complexity index is 231. The minimum absolute atomic E-state index is 0.0833. The molecule has 11 heavy (non-hydrogen) atoms. The molecule has 5 heteroatoms. The highest BCUT2D eigenvalue weighted by Gasteiger charge is 2.48. The molecular weight excluding hydrogens is 164 g/mol. The standard InChI is InChI=1S/C6H8N2O2S/c7-5(9)4-6(10)11-3-1-2-8(3)4/h3-4H,1-2H2,(H2,7,9). The fourth-order valence-electron chi connectivity index (χ4n) is 1.42. The minimum Gasteiger partial charge on any atom is -0.368 e. The molecule has 2 N–H and O–H groups in total. The van der Waals surface area contributed by atoms with Gasteiger partial charge in [0.05, 0.1) is 5.37 Å². The third-order valence-electron chi connectivity index (χ3n) is 2.08. The lowest BCUT2D eigenvalue weighted by molar-refractivity contribution is -0.130. The van der Waals surface area contributed by atoms with Crippen molar-refractivity contribution in [2.24, 2.45) is 5.73 Å². The largest absolute Gasteiger partial charge is 0.368 e. The predicted octanol–water partition coefficient (Wildman–Crippen LogP) is -0.855. The summed E-state index contributed by atoms with van der Waals surface area (Å²) in [5, 5.41) is 0.153. The highest BCUT2D eigenvalue weighted by molar-refractivity contribution is 8.14. The molecule has 0 spiro atoms. The van der Waals surface area contributed by atoms with E-state index >= 15 is 0 Å². The molecule has 2 heterocycles. The number of nitrogens with two attached hydrogens (primary N) is 1. The minimum atomic E-state index is -0.640. The fourth-order valence-corrected chi connectivity index (χ4v) is 2.65. The van der Waals surface area contributed by atoms with Crippen LogP contribution in [0.2, 0.25) is 0 Å². The van der Waals surface area contributed by atoms with Crippen LogP contribution in [-0.2, 0) is 9.59 Å². The zero-order valence-corrected chi connectivity index (χ0v) is 6.63. The first kappa shape index (κ1) is 7.12. The first-order chi connectivity index (χ1) is 5.20. The molecule has 2 rings (SSSR count). The van der Waals surface area contributed by atoms with Crippen LogP contribution in [0.3, 0.4) is 0 Å². The van der Waals surface area contributed by atoms with Gasteiger partial charge in [0.25, 0.3) is 0 Å². The highest BCUT2D eigenvalue weighted by Crippen LogP contribution is 2.38. The van der Waals surface area contributed by atoms with Crippen LogP contribution in [0.4, 0.5) is 0 Å². The number of rotatable bonds is 1. The zero-order valence-electron chi connectivity index (χ0n) is 5.82. The Kier molecular flexibility index (Phi) is 1.43. The smallest absolute Gasteiger partial charge is 0.243 e. The second kappa shape index (κ2) is 2.22. The van der Waals surface area contributed by atoms with Crippen LogP contribution in [0.15, 0.2) is 0 Å². The Morgan fingerprint density at radius 1 is 1.73 bits per heavy atom. The van der Waals surface area contributed by atoms with Gasteiger partial charge in [-0.15, -0.1) is 0 Å². The molecule has 0 saturated carbocycles. The van der Waals surface area contributed by atoms with E-state index in [0.29, 0.717) is 0 Å². The number of amides is 1. The summed E-state index contributed by atoms with van der Waals surface area (Å²) >= 11 is 1.24. The van der Waals surface area contributed by atoms with Crippen molar-refractivity contribution < 1.29 is 9.59 Å². The van der Waals surface area contributed by atoms with Crippen molar-refractivity contribution in [1.82, 2.24) is 4.90 Å². The van der Waals surface area contributed by atoms with Gasteiger partial charge in [0.2, 0.25) is 11.0 Å². The summed E-state index contributed by atoms with van der Waals surface area (Å²) in [6.07, 6.45) is 1.00. The molecule has 4 nitrogen and oxygen atoms in total. The van der Waals surface area contributed by atoms with Crippen LogP contribution in [0.5, 0.6) is 0 Å².